The summed E-state index contributed by atoms with van der Waals surface area (Å²) in [7, 11) is 0. The molecule has 27 heavy (non-hydrogen) atoms. The predicted octanol–water partition coefficient (Wildman–Crippen LogP) is -0.718. The van der Waals surface area contributed by atoms with Crippen molar-refractivity contribution in [2.75, 3.05) is 13.2 Å². The van der Waals surface area contributed by atoms with Crippen LogP contribution in [0.3, 0.4) is 0 Å². The predicted molar refractivity (Wildman–Crippen MR) is 95.5 cm³/mol. The van der Waals surface area contributed by atoms with Gasteiger partial charge in [-0.15, -0.1) is 0 Å². The Morgan fingerprint density at radius 1 is 1.33 bits per heavy atom. The van der Waals surface area contributed by atoms with Gasteiger partial charge in [0.15, 0.2) is 12.1 Å². The van der Waals surface area contributed by atoms with Crippen molar-refractivity contribution in [1.82, 2.24) is 0 Å². The van der Waals surface area contributed by atoms with E-state index in [1.807, 2.05) is 19.9 Å². The van der Waals surface area contributed by atoms with E-state index >= 15 is 0 Å². The van der Waals surface area contributed by atoms with Gasteiger partial charge in [0.05, 0.1) is 19.3 Å². The van der Waals surface area contributed by atoms with Crippen molar-refractivity contribution in [1.29, 1.82) is 0 Å². The van der Waals surface area contributed by atoms with Crippen molar-refractivity contribution in [3.8, 4) is 0 Å². The summed E-state index contributed by atoms with van der Waals surface area (Å²) in [4.78, 5) is 12.1. The molecule has 0 aromatic carbocycles. The molecule has 0 aromatic heterocycles. The molecule has 1 aliphatic carbocycles. The lowest BCUT2D eigenvalue weighted by molar-refractivity contribution is -0.306. The highest BCUT2D eigenvalue weighted by Crippen LogP contribution is 2.42. The van der Waals surface area contributed by atoms with Crippen LogP contribution in [0, 0.1) is 11.3 Å². The second kappa shape index (κ2) is 8.91. The van der Waals surface area contributed by atoms with E-state index in [0.717, 1.165) is 5.57 Å². The zero-order valence-electron chi connectivity index (χ0n) is 15.9. The average Bonchev–Trinajstić information content (AvgIpc) is 2.58. The van der Waals surface area contributed by atoms with Crippen LogP contribution in [0.1, 0.15) is 27.2 Å². The fourth-order valence-electron chi connectivity index (χ4n) is 3.73. The zero-order chi connectivity index (χ0) is 20.4. The third kappa shape index (κ3) is 5.03. The SMILES string of the molecule is CC1=CC(=O)C[C@](C)(CO[C@@H]2O[C@H](CO)[C@@H](O)[C@H](O)[C@H]2O)[C@@H]1/C=C/[C@@H](C)O. The van der Waals surface area contributed by atoms with Gasteiger partial charge in [-0.05, 0) is 19.9 Å². The molecule has 154 valence electrons. The first-order valence-corrected chi connectivity index (χ1v) is 9.08. The number of carbonyl (C=O) groups excluding carboxylic acids is 1. The molecule has 8 heteroatoms. The van der Waals surface area contributed by atoms with Crippen LogP contribution in [0.15, 0.2) is 23.8 Å². The highest BCUT2D eigenvalue weighted by atomic mass is 16.7. The smallest absolute Gasteiger partial charge is 0.186 e. The van der Waals surface area contributed by atoms with Gasteiger partial charge in [-0.25, -0.2) is 0 Å². The molecule has 0 saturated carbocycles. The summed E-state index contributed by atoms with van der Waals surface area (Å²) >= 11 is 0. The summed E-state index contributed by atoms with van der Waals surface area (Å²) in [5.74, 6) is -0.219. The van der Waals surface area contributed by atoms with E-state index in [1.54, 1.807) is 19.1 Å². The molecule has 0 aromatic rings. The van der Waals surface area contributed by atoms with Gasteiger partial charge in [0.25, 0.3) is 0 Å². The maximum Gasteiger partial charge on any atom is 0.186 e. The first-order valence-electron chi connectivity index (χ1n) is 9.08. The minimum Gasteiger partial charge on any atom is -0.394 e. The Hall–Kier alpha value is -1.13. The Kier molecular flexibility index (Phi) is 7.32. The Bertz CT molecular complexity index is 584. The molecule has 1 saturated heterocycles. The summed E-state index contributed by atoms with van der Waals surface area (Å²) in [6.07, 6.45) is -2.15. The quantitative estimate of drug-likeness (QED) is 0.377. The number of aliphatic hydroxyl groups excluding tert-OH is 5. The van der Waals surface area contributed by atoms with E-state index < -0.39 is 48.8 Å². The minimum atomic E-state index is -1.52. The van der Waals surface area contributed by atoms with Crippen LogP contribution < -0.4 is 0 Å². The van der Waals surface area contributed by atoms with Crippen LogP contribution in [0.4, 0.5) is 0 Å². The van der Waals surface area contributed by atoms with E-state index in [2.05, 4.69) is 0 Å². The monoisotopic (exact) mass is 386 g/mol. The van der Waals surface area contributed by atoms with Crippen LogP contribution >= 0.6 is 0 Å². The number of hydrogen-bond acceptors (Lipinski definition) is 8. The molecule has 8 atom stereocenters. The highest BCUT2D eigenvalue weighted by Gasteiger charge is 2.46. The number of carbonyl (C=O) groups is 1. The van der Waals surface area contributed by atoms with Crippen molar-refractivity contribution in [2.24, 2.45) is 11.3 Å². The van der Waals surface area contributed by atoms with Crippen molar-refractivity contribution < 1.29 is 39.8 Å². The van der Waals surface area contributed by atoms with Crippen LogP contribution in [0.25, 0.3) is 0 Å². The maximum atomic E-state index is 12.1. The number of ether oxygens (including phenoxy) is 2. The molecule has 8 nitrogen and oxygen atoms in total. The van der Waals surface area contributed by atoms with Gasteiger partial charge in [0, 0.05) is 17.8 Å². The van der Waals surface area contributed by atoms with Gasteiger partial charge in [-0.3, -0.25) is 4.79 Å². The molecule has 2 aliphatic rings. The molecule has 0 bridgehead atoms. The Morgan fingerprint density at radius 3 is 2.59 bits per heavy atom. The van der Waals surface area contributed by atoms with Gasteiger partial charge >= 0.3 is 0 Å². The molecule has 1 heterocycles. The summed E-state index contributed by atoms with van der Waals surface area (Å²) in [5, 5.41) is 48.6. The lowest BCUT2D eigenvalue weighted by Gasteiger charge is -2.43. The van der Waals surface area contributed by atoms with E-state index in [9.17, 15) is 30.3 Å². The number of ketones is 1. The topological polar surface area (TPSA) is 137 Å². The van der Waals surface area contributed by atoms with Gasteiger partial charge in [-0.2, -0.15) is 0 Å². The fraction of sp³-hybridized carbons (Fsp3) is 0.737. The minimum absolute atomic E-state index is 0.0292. The van der Waals surface area contributed by atoms with Crippen molar-refractivity contribution in [3.63, 3.8) is 0 Å². The average molecular weight is 386 g/mol. The van der Waals surface area contributed by atoms with E-state index in [1.165, 1.54) is 0 Å². The molecule has 0 amide bonds. The van der Waals surface area contributed by atoms with Crippen LogP contribution in [-0.2, 0) is 14.3 Å². The third-order valence-corrected chi connectivity index (χ3v) is 5.22. The number of rotatable bonds is 6. The third-order valence-electron chi connectivity index (χ3n) is 5.22. The van der Waals surface area contributed by atoms with E-state index in [4.69, 9.17) is 9.47 Å². The standard InChI is InChI=1S/C19H30O8/c1-10-6-12(22)7-19(3,13(10)5-4-11(2)21)9-26-18-17(25)16(24)15(23)14(8-20)27-18/h4-6,11,13-18,20-21,23-25H,7-9H2,1-3H3/b5-4+/t11-,13-,14-,15-,16+,17-,18-,19-/m1/s1. The van der Waals surface area contributed by atoms with Gasteiger partial charge < -0.3 is 35.0 Å². The van der Waals surface area contributed by atoms with Crippen LogP contribution in [0.2, 0.25) is 0 Å². The first-order chi connectivity index (χ1) is 12.6. The maximum absolute atomic E-state index is 12.1. The molecule has 2 rings (SSSR count). The second-order valence-electron chi connectivity index (χ2n) is 7.80. The molecule has 0 radical (unpaired) electrons. The van der Waals surface area contributed by atoms with E-state index in [0.29, 0.717) is 0 Å². The Morgan fingerprint density at radius 2 is 2.00 bits per heavy atom. The van der Waals surface area contributed by atoms with E-state index in [-0.39, 0.29) is 24.7 Å². The van der Waals surface area contributed by atoms with Crippen molar-refractivity contribution >= 4 is 5.78 Å². The number of aliphatic hydroxyl groups is 5. The lowest BCUT2D eigenvalue weighted by atomic mass is 9.67. The number of allylic oxidation sites excluding steroid dienone is 3. The molecule has 1 aliphatic heterocycles. The summed E-state index contributed by atoms with van der Waals surface area (Å²) in [6.45, 7) is 4.82. The van der Waals surface area contributed by atoms with Gasteiger partial charge in [0.1, 0.15) is 24.4 Å². The Balaban J connectivity index is 2.15. The van der Waals surface area contributed by atoms with Gasteiger partial charge in [-0.1, -0.05) is 24.6 Å². The van der Waals surface area contributed by atoms with Crippen LogP contribution in [-0.4, -0.2) is 81.3 Å². The summed E-state index contributed by atoms with van der Waals surface area (Å²) < 4.78 is 11.1. The normalized spacial score (nSPS) is 41.6. The number of hydrogen-bond donors (Lipinski definition) is 5. The van der Waals surface area contributed by atoms with Crippen LogP contribution in [0.5, 0.6) is 0 Å². The van der Waals surface area contributed by atoms with Gasteiger partial charge in [0.2, 0.25) is 0 Å². The fourth-order valence-corrected chi connectivity index (χ4v) is 3.73. The largest absolute Gasteiger partial charge is 0.394 e. The second-order valence-corrected chi connectivity index (χ2v) is 7.80. The lowest BCUT2D eigenvalue weighted by Crippen LogP contribution is -2.59. The summed E-state index contributed by atoms with van der Waals surface area (Å²) in [5.41, 5.74) is 0.183. The van der Waals surface area contributed by atoms with Crippen molar-refractivity contribution in [3.05, 3.63) is 23.8 Å². The molecule has 0 unspecified atom stereocenters. The zero-order valence-corrected chi connectivity index (χ0v) is 15.9. The molecule has 1 fully saturated rings. The molecular weight excluding hydrogens is 356 g/mol. The van der Waals surface area contributed by atoms with Crippen molar-refractivity contribution in [2.45, 2.75) is 64.0 Å². The molecule has 0 spiro atoms. The molecule has 5 N–H and O–H groups in total. The highest BCUT2D eigenvalue weighted by molar-refractivity contribution is 5.92. The molecular formula is C19H30O8. The summed E-state index contributed by atoms with van der Waals surface area (Å²) in [6, 6.07) is 0. The Labute approximate surface area is 158 Å². The first kappa shape index (κ1) is 22.2.